The average Bonchev–Trinajstić information content (AvgIpc) is 3.77. The summed E-state index contributed by atoms with van der Waals surface area (Å²) in [6.45, 7) is 10.6. The van der Waals surface area contributed by atoms with Gasteiger partial charge in [-0.05, 0) is 134 Å². The Hall–Kier alpha value is -3.55. The third-order valence-corrected chi connectivity index (χ3v) is 13.6. The van der Waals surface area contributed by atoms with Gasteiger partial charge in [-0.1, -0.05) is 31.0 Å². The van der Waals surface area contributed by atoms with E-state index in [-0.39, 0.29) is 5.91 Å². The average molecular weight is 674 g/mol. The number of piperazine rings is 1. The van der Waals surface area contributed by atoms with E-state index in [1.807, 2.05) is 12.1 Å². The number of piperidine rings is 2. The Morgan fingerprint density at radius 1 is 0.760 bits per heavy atom. The molecule has 0 bridgehead atoms. The second-order valence-corrected chi connectivity index (χ2v) is 16.5. The van der Waals surface area contributed by atoms with Gasteiger partial charge in [0.25, 0.3) is 5.91 Å². The maximum atomic E-state index is 13.1. The summed E-state index contributed by atoms with van der Waals surface area (Å²) in [4.78, 5) is 23.1. The molecule has 2 aliphatic carbocycles. The number of fused-ring (bicyclic) bond motifs is 2. The van der Waals surface area contributed by atoms with Gasteiger partial charge < -0.3 is 25.1 Å². The molecule has 264 valence electrons. The molecule has 1 saturated carbocycles. The molecule has 0 radical (unpaired) electrons. The molecular weight excluding hydrogens is 619 g/mol. The molecule has 0 aromatic heterocycles. The zero-order valence-electron chi connectivity index (χ0n) is 29.8. The maximum absolute atomic E-state index is 13.1. The molecular formula is C43H55N5O2. The van der Waals surface area contributed by atoms with Crippen LogP contribution >= 0.6 is 0 Å². The van der Waals surface area contributed by atoms with Gasteiger partial charge in [0, 0.05) is 87.8 Å². The van der Waals surface area contributed by atoms with Gasteiger partial charge in [0.2, 0.25) is 0 Å². The highest BCUT2D eigenvalue weighted by Gasteiger charge is 2.45. The number of hydrogen-bond acceptors (Lipinski definition) is 6. The topological polar surface area (TPSA) is 62.3 Å². The van der Waals surface area contributed by atoms with Gasteiger partial charge in [0.05, 0.1) is 0 Å². The Bertz CT molecular complexity index is 1680. The van der Waals surface area contributed by atoms with E-state index in [1.165, 1.54) is 85.1 Å². The fraction of sp³-hybridized carbons (Fsp3) is 0.558. The molecule has 50 heavy (non-hydrogen) atoms. The number of carbonyl (C=O) groups is 1. The number of phenols is 1. The van der Waals surface area contributed by atoms with E-state index in [0.717, 1.165) is 89.6 Å². The van der Waals surface area contributed by atoms with Gasteiger partial charge in [-0.3, -0.25) is 9.69 Å². The molecule has 7 heteroatoms. The Labute approximate surface area is 298 Å². The lowest BCUT2D eigenvalue weighted by Gasteiger charge is -2.43. The van der Waals surface area contributed by atoms with E-state index in [1.54, 1.807) is 0 Å². The van der Waals surface area contributed by atoms with Crippen molar-refractivity contribution in [3.05, 3.63) is 88.5 Å². The van der Waals surface area contributed by atoms with Gasteiger partial charge in [0.1, 0.15) is 5.75 Å². The summed E-state index contributed by atoms with van der Waals surface area (Å²) in [5.41, 5.74) is 9.42. The molecule has 3 saturated heterocycles. The lowest BCUT2D eigenvalue weighted by atomic mass is 9.60. The highest BCUT2D eigenvalue weighted by atomic mass is 16.3. The van der Waals surface area contributed by atoms with E-state index < -0.39 is 0 Å². The van der Waals surface area contributed by atoms with Crippen LogP contribution in [0.15, 0.2) is 60.7 Å². The van der Waals surface area contributed by atoms with Crippen LogP contribution in [0.3, 0.4) is 0 Å². The Morgan fingerprint density at radius 3 is 2.28 bits per heavy atom. The van der Waals surface area contributed by atoms with Crippen LogP contribution in [0.4, 0.5) is 11.4 Å². The summed E-state index contributed by atoms with van der Waals surface area (Å²) in [6, 6.07) is 22.7. The molecule has 4 fully saturated rings. The van der Waals surface area contributed by atoms with Crippen molar-refractivity contribution in [2.75, 3.05) is 68.7 Å². The van der Waals surface area contributed by atoms with Gasteiger partial charge in [-0.2, -0.15) is 0 Å². The van der Waals surface area contributed by atoms with Crippen molar-refractivity contribution in [1.29, 1.82) is 0 Å². The highest BCUT2D eigenvalue weighted by molar-refractivity contribution is 5.99. The van der Waals surface area contributed by atoms with Crippen molar-refractivity contribution in [1.82, 2.24) is 15.1 Å². The molecule has 6 aliphatic rings. The van der Waals surface area contributed by atoms with Crippen molar-refractivity contribution in [3.63, 3.8) is 0 Å². The third kappa shape index (κ3) is 6.08. The zero-order valence-corrected chi connectivity index (χ0v) is 29.8. The summed E-state index contributed by atoms with van der Waals surface area (Å²) in [6.07, 6.45) is 12.5. The van der Waals surface area contributed by atoms with Crippen LogP contribution in [-0.4, -0.2) is 85.8 Å². The highest BCUT2D eigenvalue weighted by Crippen LogP contribution is 2.58. The van der Waals surface area contributed by atoms with Crippen LogP contribution in [0, 0.1) is 11.3 Å². The molecule has 4 heterocycles. The SMILES string of the molecule is O=C1c2ccc(N3CCN(CC4CCN(c5ccc([C@@H]6c7ccc(O)cc7CCC67CCCC7)cc5)CC4)CC3)cc2CN1C1CCCNC1. The minimum atomic E-state index is 0.221. The van der Waals surface area contributed by atoms with Crippen LogP contribution in [0.25, 0.3) is 0 Å². The number of aromatic hydroxyl groups is 1. The second kappa shape index (κ2) is 13.5. The molecule has 1 spiro atoms. The number of amides is 1. The van der Waals surface area contributed by atoms with E-state index in [4.69, 9.17) is 0 Å². The first-order chi connectivity index (χ1) is 24.5. The number of nitrogens with one attached hydrogen (secondary N) is 1. The largest absolute Gasteiger partial charge is 0.508 e. The summed E-state index contributed by atoms with van der Waals surface area (Å²) in [7, 11) is 0. The lowest BCUT2D eigenvalue weighted by molar-refractivity contribution is 0.0674. The van der Waals surface area contributed by atoms with Crippen LogP contribution in [-0.2, 0) is 13.0 Å². The molecule has 1 unspecified atom stereocenters. The van der Waals surface area contributed by atoms with Crippen LogP contribution in [0.2, 0.25) is 0 Å². The third-order valence-electron chi connectivity index (χ3n) is 13.6. The summed E-state index contributed by atoms with van der Waals surface area (Å²) >= 11 is 0. The first-order valence-electron chi connectivity index (χ1n) is 19.8. The molecule has 7 nitrogen and oxygen atoms in total. The minimum Gasteiger partial charge on any atom is -0.508 e. The number of nitrogens with zero attached hydrogens (tertiary/aromatic N) is 4. The predicted octanol–water partition coefficient (Wildman–Crippen LogP) is 6.78. The zero-order chi connectivity index (χ0) is 33.7. The Kier molecular flexibility index (Phi) is 8.76. The van der Waals surface area contributed by atoms with E-state index in [0.29, 0.717) is 23.1 Å². The summed E-state index contributed by atoms with van der Waals surface area (Å²) in [5, 5.41) is 13.7. The number of benzene rings is 3. The number of hydrogen-bond donors (Lipinski definition) is 2. The second-order valence-electron chi connectivity index (χ2n) is 16.5. The van der Waals surface area contributed by atoms with Crippen LogP contribution in [0.5, 0.6) is 5.75 Å². The number of anilines is 2. The fourth-order valence-corrected chi connectivity index (χ4v) is 10.8. The molecule has 4 aliphatic heterocycles. The van der Waals surface area contributed by atoms with Crippen molar-refractivity contribution in [2.45, 2.75) is 82.7 Å². The lowest BCUT2D eigenvalue weighted by Crippen LogP contribution is -2.49. The first-order valence-corrected chi connectivity index (χ1v) is 19.8. The predicted molar refractivity (Wildman–Crippen MR) is 201 cm³/mol. The fourth-order valence-electron chi connectivity index (χ4n) is 10.8. The number of phenolic OH excluding ortho intramolecular Hbond substituents is 1. The molecule has 1 amide bonds. The molecule has 3 aromatic carbocycles. The van der Waals surface area contributed by atoms with Crippen molar-refractivity contribution in [2.24, 2.45) is 11.3 Å². The number of carbonyl (C=O) groups excluding carboxylic acids is 1. The number of rotatable bonds is 6. The molecule has 2 atom stereocenters. The maximum Gasteiger partial charge on any atom is 0.254 e. The van der Waals surface area contributed by atoms with Gasteiger partial charge >= 0.3 is 0 Å². The van der Waals surface area contributed by atoms with Crippen molar-refractivity contribution < 1.29 is 9.90 Å². The summed E-state index contributed by atoms with van der Waals surface area (Å²) < 4.78 is 0. The minimum absolute atomic E-state index is 0.221. The van der Waals surface area contributed by atoms with Crippen LogP contribution < -0.4 is 15.1 Å². The molecule has 9 rings (SSSR count). The Balaban J connectivity index is 0.776. The van der Waals surface area contributed by atoms with E-state index in [9.17, 15) is 9.90 Å². The van der Waals surface area contributed by atoms with E-state index >= 15 is 0 Å². The number of aryl methyl sites for hydroxylation is 1. The van der Waals surface area contributed by atoms with E-state index in [2.05, 4.69) is 73.4 Å². The van der Waals surface area contributed by atoms with Gasteiger partial charge in [-0.25, -0.2) is 0 Å². The smallest absolute Gasteiger partial charge is 0.254 e. The Morgan fingerprint density at radius 2 is 1.52 bits per heavy atom. The van der Waals surface area contributed by atoms with Crippen molar-refractivity contribution in [3.8, 4) is 5.75 Å². The summed E-state index contributed by atoms with van der Waals surface area (Å²) in [5.74, 6) is 1.83. The van der Waals surface area contributed by atoms with Crippen molar-refractivity contribution >= 4 is 17.3 Å². The first kappa shape index (κ1) is 32.4. The monoisotopic (exact) mass is 673 g/mol. The van der Waals surface area contributed by atoms with Crippen LogP contribution in [0.1, 0.15) is 96.3 Å². The van der Waals surface area contributed by atoms with Gasteiger partial charge in [0.15, 0.2) is 0 Å². The van der Waals surface area contributed by atoms with Gasteiger partial charge in [-0.15, -0.1) is 0 Å². The normalized spacial score (nSPS) is 25.7. The molecule has 2 N–H and O–H groups in total. The molecule has 3 aromatic rings. The standard InChI is InChI=1S/C43H55N5O2/c49-38-10-12-39-33(27-38)13-18-43(16-1-2-17-43)41(39)32-5-7-35(8-6-32)46-20-14-31(15-21-46)29-45-22-24-47(25-23-45)36-9-11-40-34(26-36)30-48(42(40)50)37-4-3-19-44-28-37/h5-12,26-27,31,37,41,44,49H,1-4,13-25,28-30H2/t37?,41-/m1/s1. The quantitative estimate of drug-likeness (QED) is 0.301.